The van der Waals surface area contributed by atoms with E-state index in [1.54, 1.807) is 0 Å². The smallest absolute Gasteiger partial charge is 0.0127 e. The van der Waals surface area contributed by atoms with E-state index in [0.29, 0.717) is 4.75 Å². The minimum absolute atomic E-state index is 0.353. The van der Waals surface area contributed by atoms with Crippen LogP contribution in [-0.2, 0) is 0 Å². The van der Waals surface area contributed by atoms with E-state index in [4.69, 9.17) is 12.6 Å². The van der Waals surface area contributed by atoms with Gasteiger partial charge < -0.3 is 0 Å². The molecule has 0 heterocycles. The Labute approximate surface area is 95.3 Å². The summed E-state index contributed by atoms with van der Waals surface area (Å²) in [5, 5.41) is 0. The molecule has 84 valence electrons. The SMILES string of the molecule is CCC1(S)CCCCCCC(C)CC1. The monoisotopic (exact) mass is 214 g/mol. The van der Waals surface area contributed by atoms with Crippen molar-refractivity contribution in [2.24, 2.45) is 5.92 Å². The Morgan fingerprint density at radius 3 is 2.50 bits per heavy atom. The zero-order valence-electron chi connectivity index (χ0n) is 9.89. The van der Waals surface area contributed by atoms with Crippen LogP contribution in [0, 0.1) is 5.92 Å². The van der Waals surface area contributed by atoms with Crippen molar-refractivity contribution in [1.29, 1.82) is 0 Å². The maximum atomic E-state index is 4.89. The summed E-state index contributed by atoms with van der Waals surface area (Å²) in [6.07, 6.45) is 12.4. The first-order chi connectivity index (χ1) is 6.66. The summed E-state index contributed by atoms with van der Waals surface area (Å²) in [4.78, 5) is 0. The minimum Gasteiger partial charge on any atom is -0.173 e. The van der Waals surface area contributed by atoms with E-state index >= 15 is 0 Å². The van der Waals surface area contributed by atoms with Crippen molar-refractivity contribution in [1.82, 2.24) is 0 Å². The lowest BCUT2D eigenvalue weighted by molar-refractivity contribution is 0.364. The molecule has 2 unspecified atom stereocenters. The highest BCUT2D eigenvalue weighted by atomic mass is 32.1. The molecular formula is C13H26S. The summed E-state index contributed by atoms with van der Waals surface area (Å²) in [5.74, 6) is 0.922. The fourth-order valence-corrected chi connectivity index (χ4v) is 2.73. The lowest BCUT2D eigenvalue weighted by Crippen LogP contribution is -2.22. The molecule has 0 aromatic rings. The van der Waals surface area contributed by atoms with Crippen LogP contribution >= 0.6 is 12.6 Å². The fourth-order valence-electron chi connectivity index (χ4n) is 2.44. The van der Waals surface area contributed by atoms with Gasteiger partial charge in [-0.05, 0) is 31.6 Å². The van der Waals surface area contributed by atoms with E-state index < -0.39 is 0 Å². The first-order valence-corrected chi connectivity index (χ1v) is 6.83. The maximum absolute atomic E-state index is 4.89. The van der Waals surface area contributed by atoms with Crippen LogP contribution in [0.1, 0.15) is 71.6 Å². The van der Waals surface area contributed by atoms with Crippen LogP contribution < -0.4 is 0 Å². The van der Waals surface area contributed by atoms with Crippen molar-refractivity contribution in [3.8, 4) is 0 Å². The number of thiol groups is 1. The zero-order chi connectivity index (χ0) is 10.4. The summed E-state index contributed by atoms with van der Waals surface area (Å²) >= 11 is 4.89. The van der Waals surface area contributed by atoms with Gasteiger partial charge in [0.05, 0.1) is 0 Å². The second-order valence-electron chi connectivity index (χ2n) is 5.17. The average molecular weight is 214 g/mol. The molecule has 0 N–H and O–H groups in total. The summed E-state index contributed by atoms with van der Waals surface area (Å²) in [6, 6.07) is 0. The second kappa shape index (κ2) is 6.05. The van der Waals surface area contributed by atoms with Crippen LogP contribution in [0.3, 0.4) is 0 Å². The van der Waals surface area contributed by atoms with Gasteiger partial charge in [-0.25, -0.2) is 0 Å². The Morgan fingerprint density at radius 2 is 1.79 bits per heavy atom. The third-order valence-corrected chi connectivity index (χ3v) is 4.61. The maximum Gasteiger partial charge on any atom is 0.0127 e. The van der Waals surface area contributed by atoms with Gasteiger partial charge in [0.25, 0.3) is 0 Å². The summed E-state index contributed by atoms with van der Waals surface area (Å²) < 4.78 is 0.353. The molecule has 1 saturated carbocycles. The van der Waals surface area contributed by atoms with Crippen molar-refractivity contribution in [3.63, 3.8) is 0 Å². The lowest BCUT2D eigenvalue weighted by Gasteiger charge is -2.29. The van der Waals surface area contributed by atoms with Crippen LogP contribution in [0.4, 0.5) is 0 Å². The van der Waals surface area contributed by atoms with Gasteiger partial charge in [-0.1, -0.05) is 46.0 Å². The molecular weight excluding hydrogens is 188 g/mol. The molecule has 1 heteroatoms. The third-order valence-electron chi connectivity index (χ3n) is 3.85. The third kappa shape index (κ3) is 4.25. The fraction of sp³-hybridized carbons (Fsp3) is 1.00. The highest BCUT2D eigenvalue weighted by Crippen LogP contribution is 2.34. The normalized spacial score (nSPS) is 36.6. The molecule has 1 rings (SSSR count). The van der Waals surface area contributed by atoms with Gasteiger partial charge in [0, 0.05) is 4.75 Å². The van der Waals surface area contributed by atoms with E-state index in [1.807, 2.05) is 0 Å². The molecule has 0 radical (unpaired) electrons. The summed E-state index contributed by atoms with van der Waals surface area (Å²) in [6.45, 7) is 4.70. The van der Waals surface area contributed by atoms with Gasteiger partial charge in [-0.15, -0.1) is 0 Å². The highest BCUT2D eigenvalue weighted by molar-refractivity contribution is 7.81. The summed E-state index contributed by atoms with van der Waals surface area (Å²) in [5.41, 5.74) is 0. The first kappa shape index (κ1) is 12.4. The molecule has 1 aliphatic rings. The van der Waals surface area contributed by atoms with Crippen LogP contribution in [0.15, 0.2) is 0 Å². The zero-order valence-corrected chi connectivity index (χ0v) is 10.8. The van der Waals surface area contributed by atoms with Gasteiger partial charge in [-0.3, -0.25) is 0 Å². The van der Waals surface area contributed by atoms with Gasteiger partial charge in [0.2, 0.25) is 0 Å². The topological polar surface area (TPSA) is 0 Å². The first-order valence-electron chi connectivity index (χ1n) is 6.39. The number of hydrogen-bond acceptors (Lipinski definition) is 1. The molecule has 14 heavy (non-hydrogen) atoms. The lowest BCUT2D eigenvalue weighted by atomic mass is 9.86. The molecule has 0 bridgehead atoms. The molecule has 0 spiro atoms. The summed E-state index contributed by atoms with van der Waals surface area (Å²) in [7, 11) is 0. The van der Waals surface area contributed by atoms with Crippen molar-refractivity contribution in [3.05, 3.63) is 0 Å². The van der Waals surface area contributed by atoms with E-state index in [2.05, 4.69) is 13.8 Å². The van der Waals surface area contributed by atoms with Crippen LogP contribution in [0.25, 0.3) is 0 Å². The van der Waals surface area contributed by atoms with E-state index in [1.165, 1.54) is 57.8 Å². The Hall–Kier alpha value is 0.350. The van der Waals surface area contributed by atoms with E-state index in [-0.39, 0.29) is 0 Å². The molecule has 0 nitrogen and oxygen atoms in total. The largest absolute Gasteiger partial charge is 0.173 e. The highest BCUT2D eigenvalue weighted by Gasteiger charge is 2.23. The van der Waals surface area contributed by atoms with Crippen molar-refractivity contribution in [2.45, 2.75) is 76.4 Å². The molecule has 0 amide bonds. The number of hydrogen-bond donors (Lipinski definition) is 1. The van der Waals surface area contributed by atoms with Crippen molar-refractivity contribution >= 4 is 12.6 Å². The molecule has 1 fully saturated rings. The Morgan fingerprint density at radius 1 is 1.07 bits per heavy atom. The molecule has 0 aromatic heterocycles. The van der Waals surface area contributed by atoms with Crippen molar-refractivity contribution in [2.75, 3.05) is 0 Å². The van der Waals surface area contributed by atoms with E-state index in [0.717, 1.165) is 5.92 Å². The Balaban J connectivity index is 2.44. The Bertz CT molecular complexity index is 155. The van der Waals surface area contributed by atoms with Gasteiger partial charge in [0.15, 0.2) is 0 Å². The molecule has 0 saturated heterocycles. The van der Waals surface area contributed by atoms with Gasteiger partial charge >= 0.3 is 0 Å². The van der Waals surface area contributed by atoms with Gasteiger partial charge in [-0.2, -0.15) is 12.6 Å². The Kier molecular flexibility index (Phi) is 5.36. The molecule has 0 aliphatic heterocycles. The van der Waals surface area contributed by atoms with E-state index in [9.17, 15) is 0 Å². The second-order valence-corrected chi connectivity index (χ2v) is 6.12. The standard InChI is InChI=1S/C13H26S/c1-3-13(14)10-7-5-4-6-8-12(2)9-11-13/h12,14H,3-11H2,1-2H3. The molecule has 2 atom stereocenters. The van der Waals surface area contributed by atoms with Crippen molar-refractivity contribution < 1.29 is 0 Å². The predicted octanol–water partition coefficient (Wildman–Crippen LogP) is 4.84. The average Bonchev–Trinajstić information content (AvgIpc) is 2.20. The minimum atomic E-state index is 0.353. The number of rotatable bonds is 1. The van der Waals surface area contributed by atoms with Crippen LogP contribution in [0.2, 0.25) is 0 Å². The molecule has 0 aromatic carbocycles. The van der Waals surface area contributed by atoms with Crippen LogP contribution in [0.5, 0.6) is 0 Å². The predicted molar refractivity (Wildman–Crippen MR) is 68.1 cm³/mol. The van der Waals surface area contributed by atoms with Gasteiger partial charge in [0.1, 0.15) is 0 Å². The molecule has 1 aliphatic carbocycles. The van der Waals surface area contributed by atoms with Crippen LogP contribution in [-0.4, -0.2) is 4.75 Å². The quantitative estimate of drug-likeness (QED) is 0.594.